The van der Waals surface area contributed by atoms with Crippen LogP contribution in [-0.2, 0) is 6.54 Å². The van der Waals surface area contributed by atoms with Gasteiger partial charge in [-0.05, 0) is 87.4 Å². The van der Waals surface area contributed by atoms with Gasteiger partial charge in [-0.25, -0.2) is 4.79 Å². The van der Waals surface area contributed by atoms with Crippen LogP contribution in [0.15, 0.2) is 36.4 Å². The van der Waals surface area contributed by atoms with Crippen LogP contribution in [0.25, 0.3) is 22.2 Å². The number of hydrogen-bond donors (Lipinski definition) is 2. The second kappa shape index (κ2) is 11.6. The highest BCUT2D eigenvalue weighted by atomic mass is 16.5. The van der Waals surface area contributed by atoms with Gasteiger partial charge in [0.1, 0.15) is 6.61 Å². The molecule has 3 heterocycles. The summed E-state index contributed by atoms with van der Waals surface area (Å²) < 4.78 is 8.86. The summed E-state index contributed by atoms with van der Waals surface area (Å²) in [6.07, 6.45) is 12.4. The summed E-state index contributed by atoms with van der Waals surface area (Å²) >= 11 is 0. The lowest BCUT2D eigenvalue weighted by Crippen LogP contribution is -2.33. The van der Waals surface area contributed by atoms with Crippen LogP contribution in [0.2, 0.25) is 0 Å². The number of carboxylic acids is 1. The molecule has 1 unspecified atom stereocenters. The molecular formula is C33H43N3O3. The second-order valence-electron chi connectivity index (χ2n) is 11.8. The fourth-order valence-electron chi connectivity index (χ4n) is 7.19. The average Bonchev–Trinajstić information content (AvgIpc) is 3.17. The van der Waals surface area contributed by atoms with Gasteiger partial charge in [-0.2, -0.15) is 0 Å². The summed E-state index contributed by atoms with van der Waals surface area (Å²) in [6, 6.07) is 12.6. The number of para-hydroxylation sites is 1. The first-order valence-corrected chi connectivity index (χ1v) is 15.3. The molecule has 1 aromatic heterocycles. The van der Waals surface area contributed by atoms with Crippen molar-refractivity contribution in [2.75, 3.05) is 31.6 Å². The van der Waals surface area contributed by atoms with Crippen LogP contribution in [0.1, 0.15) is 93.0 Å². The van der Waals surface area contributed by atoms with Gasteiger partial charge in [0, 0.05) is 29.1 Å². The highest BCUT2D eigenvalue weighted by molar-refractivity contribution is 5.99. The molecule has 0 spiro atoms. The maximum Gasteiger partial charge on any atom is 0.335 e. The topological polar surface area (TPSA) is 66.7 Å². The number of nitrogens with zero attached hydrogens (tertiary/aromatic N) is 2. The summed E-state index contributed by atoms with van der Waals surface area (Å²) in [7, 11) is 0. The predicted octanol–water partition coefficient (Wildman–Crippen LogP) is 7.51. The maximum absolute atomic E-state index is 11.9. The van der Waals surface area contributed by atoms with Gasteiger partial charge >= 0.3 is 5.97 Å². The van der Waals surface area contributed by atoms with Gasteiger partial charge in [-0.3, -0.25) is 0 Å². The summed E-state index contributed by atoms with van der Waals surface area (Å²) in [5, 5.41) is 14.8. The molecule has 1 saturated heterocycles. The number of benzene rings is 2. The highest BCUT2D eigenvalue weighted by Gasteiger charge is 2.30. The number of piperidine rings is 1. The quantitative estimate of drug-likeness (QED) is 0.316. The van der Waals surface area contributed by atoms with Gasteiger partial charge in [0.2, 0.25) is 0 Å². The zero-order valence-electron chi connectivity index (χ0n) is 23.4. The molecule has 2 fully saturated rings. The molecule has 1 atom stereocenters. The van der Waals surface area contributed by atoms with Crippen molar-refractivity contribution >= 4 is 22.6 Å². The van der Waals surface area contributed by atoms with Gasteiger partial charge in [0.05, 0.1) is 23.5 Å². The van der Waals surface area contributed by atoms with Crippen molar-refractivity contribution in [3.63, 3.8) is 0 Å². The molecular weight excluding hydrogens is 486 g/mol. The third-order valence-electron chi connectivity index (χ3n) is 9.29. The fourth-order valence-corrected chi connectivity index (χ4v) is 7.19. The number of aromatic carboxylic acids is 1. The number of ether oxygens (including phenoxy) is 1. The first kappa shape index (κ1) is 26.2. The van der Waals surface area contributed by atoms with E-state index in [0.717, 1.165) is 41.9 Å². The van der Waals surface area contributed by atoms with Crippen molar-refractivity contribution in [2.45, 2.75) is 89.6 Å². The minimum atomic E-state index is -0.876. The Bertz CT molecular complexity index is 1320. The van der Waals surface area contributed by atoms with Gasteiger partial charge in [0.15, 0.2) is 5.75 Å². The Labute approximate surface area is 232 Å². The summed E-state index contributed by atoms with van der Waals surface area (Å²) in [5.74, 6) is 0.563. The van der Waals surface area contributed by atoms with Crippen LogP contribution >= 0.6 is 0 Å². The monoisotopic (exact) mass is 529 g/mol. The number of nitrogens with one attached hydrogen (secondary N) is 1. The number of fused-ring (bicyclic) bond motifs is 5. The minimum Gasteiger partial charge on any atom is -0.489 e. The summed E-state index contributed by atoms with van der Waals surface area (Å²) in [6.45, 7) is 7.16. The van der Waals surface area contributed by atoms with Crippen LogP contribution in [0.5, 0.6) is 5.75 Å². The van der Waals surface area contributed by atoms with Crippen LogP contribution in [0.4, 0.5) is 5.69 Å². The van der Waals surface area contributed by atoms with Crippen LogP contribution < -0.4 is 10.1 Å². The van der Waals surface area contributed by atoms with E-state index in [-0.39, 0.29) is 0 Å². The van der Waals surface area contributed by atoms with E-state index < -0.39 is 5.97 Å². The van der Waals surface area contributed by atoms with E-state index in [0.29, 0.717) is 30.7 Å². The molecule has 0 amide bonds. The first-order valence-electron chi connectivity index (χ1n) is 15.3. The third-order valence-corrected chi connectivity index (χ3v) is 9.29. The summed E-state index contributed by atoms with van der Waals surface area (Å²) in [4.78, 5) is 14.5. The maximum atomic E-state index is 11.9. The molecule has 39 heavy (non-hydrogen) atoms. The number of rotatable bonds is 8. The minimum absolute atomic E-state index is 0.346. The zero-order chi connectivity index (χ0) is 26.8. The van der Waals surface area contributed by atoms with Gasteiger partial charge in [-0.1, -0.05) is 44.7 Å². The van der Waals surface area contributed by atoms with Crippen LogP contribution in [-0.4, -0.2) is 52.8 Å². The Morgan fingerprint density at radius 1 is 1.05 bits per heavy atom. The third kappa shape index (κ3) is 5.28. The Morgan fingerprint density at radius 3 is 2.62 bits per heavy atom. The van der Waals surface area contributed by atoms with Crippen molar-refractivity contribution in [1.29, 1.82) is 0 Å². The Balaban J connectivity index is 1.39. The van der Waals surface area contributed by atoms with E-state index in [1.54, 1.807) is 6.07 Å². The van der Waals surface area contributed by atoms with Crippen molar-refractivity contribution in [3.05, 3.63) is 47.5 Å². The van der Waals surface area contributed by atoms with E-state index in [4.69, 9.17) is 4.74 Å². The van der Waals surface area contributed by atoms with E-state index >= 15 is 0 Å². The molecule has 1 saturated carbocycles. The molecule has 0 bridgehead atoms. The normalized spacial score (nSPS) is 19.1. The van der Waals surface area contributed by atoms with E-state index in [9.17, 15) is 9.90 Å². The molecule has 2 N–H and O–H groups in total. The van der Waals surface area contributed by atoms with Gasteiger partial charge < -0.3 is 24.6 Å². The molecule has 6 nitrogen and oxygen atoms in total. The molecule has 3 aliphatic rings. The number of carboxylic acid groups (broad SMARTS) is 1. The van der Waals surface area contributed by atoms with E-state index in [1.165, 1.54) is 81.1 Å². The highest BCUT2D eigenvalue weighted by Crippen LogP contribution is 2.48. The molecule has 208 valence electrons. The Kier molecular flexibility index (Phi) is 7.83. The lowest BCUT2D eigenvalue weighted by Gasteiger charge is -2.29. The zero-order valence-corrected chi connectivity index (χ0v) is 23.4. The lowest BCUT2D eigenvalue weighted by atomic mass is 9.81. The number of hydrogen-bond acceptors (Lipinski definition) is 4. The van der Waals surface area contributed by atoms with E-state index in [1.807, 2.05) is 6.07 Å². The first-order chi connectivity index (χ1) is 19.1. The lowest BCUT2D eigenvalue weighted by molar-refractivity contribution is 0.0697. The fraction of sp³-hybridized carbons (Fsp3) is 0.545. The average molecular weight is 530 g/mol. The Morgan fingerprint density at radius 2 is 1.85 bits per heavy atom. The molecule has 6 rings (SSSR count). The second-order valence-corrected chi connectivity index (χ2v) is 11.8. The predicted molar refractivity (Wildman–Crippen MR) is 158 cm³/mol. The number of carbonyl (C=O) groups is 1. The standard InChI is InChI=1S/C33H43N3O3/c1-2-25(16-19-35-17-7-4-8-18-35)34-28-13-9-12-27-31-30(23-10-5-3-6-11-23)26-15-14-24(33(37)38)22-29(26)36(31)20-21-39-32(27)28/h9,12-15,22-23,25,34H,2-8,10-11,16-21H2,1H3,(H,37,38). The molecule has 2 aliphatic heterocycles. The van der Waals surface area contributed by atoms with Crippen molar-refractivity contribution in [2.24, 2.45) is 0 Å². The van der Waals surface area contributed by atoms with Crippen molar-refractivity contribution in [3.8, 4) is 17.0 Å². The summed E-state index contributed by atoms with van der Waals surface area (Å²) in [5.41, 5.74) is 6.21. The largest absolute Gasteiger partial charge is 0.489 e. The molecule has 1 aliphatic carbocycles. The van der Waals surface area contributed by atoms with Crippen molar-refractivity contribution < 1.29 is 14.6 Å². The molecule has 0 radical (unpaired) electrons. The number of anilines is 1. The van der Waals surface area contributed by atoms with Crippen molar-refractivity contribution in [1.82, 2.24) is 9.47 Å². The smallest absolute Gasteiger partial charge is 0.335 e. The van der Waals surface area contributed by atoms with Gasteiger partial charge in [-0.15, -0.1) is 0 Å². The molecule has 2 aromatic carbocycles. The Hall–Kier alpha value is -2.99. The van der Waals surface area contributed by atoms with Crippen LogP contribution in [0.3, 0.4) is 0 Å². The van der Waals surface area contributed by atoms with Crippen LogP contribution in [0, 0.1) is 0 Å². The molecule has 6 heteroatoms. The molecule has 3 aromatic rings. The van der Waals surface area contributed by atoms with E-state index in [2.05, 4.69) is 46.0 Å². The SMILES string of the molecule is CCC(CCN1CCCCC1)Nc1cccc2c1OCCn1c-2c(C2CCCCC2)c2ccc(C(=O)O)cc21. The van der Waals surface area contributed by atoms with Gasteiger partial charge in [0.25, 0.3) is 0 Å². The number of aromatic nitrogens is 1. The number of likely N-dealkylation sites (tertiary alicyclic amines) is 1.